The van der Waals surface area contributed by atoms with E-state index >= 15 is 0 Å². The number of carbonyl (C=O) groups excluding carboxylic acids is 2. The number of fused-ring (bicyclic) bond motifs is 1. The van der Waals surface area contributed by atoms with Crippen molar-refractivity contribution in [3.8, 4) is 0 Å². The Morgan fingerprint density at radius 3 is 2.54 bits per heavy atom. The van der Waals surface area contributed by atoms with E-state index in [-0.39, 0.29) is 19.6 Å². The van der Waals surface area contributed by atoms with E-state index in [1.54, 1.807) is 0 Å². The first-order valence-corrected chi connectivity index (χ1v) is 8.77. The molecule has 0 saturated heterocycles. The van der Waals surface area contributed by atoms with E-state index in [4.69, 9.17) is 9.47 Å². The Labute approximate surface area is 163 Å². The summed E-state index contributed by atoms with van der Waals surface area (Å²) in [4.78, 5) is 37.4. The number of aliphatic carboxylic acids is 1. The van der Waals surface area contributed by atoms with Crippen LogP contribution in [0.1, 0.15) is 12.0 Å². The minimum Gasteiger partial charge on any atom is -0.480 e. The third-order valence-electron chi connectivity index (χ3n) is 4.31. The molecule has 1 atom stereocenters. The summed E-state index contributed by atoms with van der Waals surface area (Å²) in [6.07, 6.45) is -0.735. The summed E-state index contributed by atoms with van der Waals surface area (Å²) < 4.78 is 9.90. The number of amides is 2. The molecule has 0 bridgehead atoms. The molecule has 1 unspecified atom stereocenters. The van der Waals surface area contributed by atoms with Gasteiger partial charge in [0.1, 0.15) is 12.6 Å². The van der Waals surface area contributed by atoms with E-state index in [9.17, 15) is 19.5 Å². The molecule has 0 aliphatic heterocycles. The van der Waals surface area contributed by atoms with Crippen molar-refractivity contribution < 1.29 is 29.0 Å². The first kappa shape index (κ1) is 21.2. The van der Waals surface area contributed by atoms with Gasteiger partial charge in [0.15, 0.2) is 0 Å². The fourth-order valence-electron chi connectivity index (χ4n) is 3.03. The van der Waals surface area contributed by atoms with Gasteiger partial charge in [0.2, 0.25) is 0 Å². The number of nitrogens with one attached hydrogen (secondary N) is 1. The van der Waals surface area contributed by atoms with Crippen molar-refractivity contribution in [1.29, 1.82) is 0 Å². The van der Waals surface area contributed by atoms with E-state index < -0.39 is 24.0 Å². The van der Waals surface area contributed by atoms with Gasteiger partial charge in [0, 0.05) is 26.0 Å². The molecule has 0 heterocycles. The summed E-state index contributed by atoms with van der Waals surface area (Å²) in [5.74, 6) is -1.69. The van der Waals surface area contributed by atoms with E-state index in [0.717, 1.165) is 16.3 Å². The van der Waals surface area contributed by atoms with E-state index in [0.29, 0.717) is 5.69 Å². The third kappa shape index (κ3) is 4.77. The summed E-state index contributed by atoms with van der Waals surface area (Å²) in [6, 6.07) is 9.95. The number of carboxylic acids is 1. The largest absolute Gasteiger partial charge is 0.480 e. The van der Waals surface area contributed by atoms with Gasteiger partial charge in [-0.3, -0.25) is 9.69 Å². The van der Waals surface area contributed by atoms with Gasteiger partial charge in [0.25, 0.3) is 5.91 Å². The molecule has 0 aliphatic rings. The molecule has 2 aromatic carbocycles. The summed E-state index contributed by atoms with van der Waals surface area (Å²) in [5, 5.41) is 13.7. The maximum Gasteiger partial charge on any atom is 0.406 e. The first-order chi connectivity index (χ1) is 13.4. The fourth-order valence-corrected chi connectivity index (χ4v) is 3.03. The van der Waals surface area contributed by atoms with Crippen molar-refractivity contribution in [3.05, 3.63) is 42.0 Å². The fraction of sp³-hybridized carbons (Fsp3) is 0.350. The van der Waals surface area contributed by atoms with Gasteiger partial charge in [0.05, 0.1) is 12.3 Å². The zero-order valence-corrected chi connectivity index (χ0v) is 16.1. The molecule has 2 amide bonds. The highest BCUT2D eigenvalue weighted by Gasteiger charge is 2.33. The van der Waals surface area contributed by atoms with Crippen LogP contribution in [-0.2, 0) is 19.1 Å². The predicted octanol–water partition coefficient (Wildman–Crippen LogP) is 2.33. The first-order valence-electron chi connectivity index (χ1n) is 8.77. The van der Waals surface area contributed by atoms with Crippen LogP contribution in [0.4, 0.5) is 10.5 Å². The average molecular weight is 388 g/mol. The van der Waals surface area contributed by atoms with Gasteiger partial charge < -0.3 is 19.9 Å². The number of hydrogen-bond acceptors (Lipinski definition) is 5. The highest BCUT2D eigenvalue weighted by molar-refractivity contribution is 6.08. The second-order valence-electron chi connectivity index (χ2n) is 6.18. The molecule has 2 aromatic rings. The maximum absolute atomic E-state index is 12.9. The lowest BCUT2D eigenvalue weighted by molar-refractivity contribution is -0.141. The van der Waals surface area contributed by atoms with Crippen molar-refractivity contribution in [2.45, 2.75) is 19.4 Å². The number of methoxy groups -OCH3 is 1. The third-order valence-corrected chi connectivity index (χ3v) is 4.31. The molecular formula is C20H24N2O6. The van der Waals surface area contributed by atoms with Gasteiger partial charge >= 0.3 is 12.1 Å². The molecule has 0 radical (unpaired) electrons. The molecule has 2 rings (SSSR count). The van der Waals surface area contributed by atoms with Gasteiger partial charge in [-0.15, -0.1) is 0 Å². The number of ether oxygens (including phenoxy) is 2. The van der Waals surface area contributed by atoms with Crippen molar-refractivity contribution in [1.82, 2.24) is 5.32 Å². The van der Waals surface area contributed by atoms with Gasteiger partial charge in [-0.05, 0) is 17.9 Å². The minimum atomic E-state index is -1.23. The maximum atomic E-state index is 12.9. The number of aryl methyl sites for hydroxylation is 1. The van der Waals surface area contributed by atoms with Crippen molar-refractivity contribution in [3.63, 3.8) is 0 Å². The lowest BCUT2D eigenvalue weighted by atomic mass is 10.0. The Hall–Kier alpha value is -3.13. The Balaban J connectivity index is 2.52. The van der Waals surface area contributed by atoms with Crippen LogP contribution in [0.3, 0.4) is 0 Å². The normalized spacial score (nSPS) is 11.7. The Kier molecular flexibility index (Phi) is 7.34. The van der Waals surface area contributed by atoms with Crippen molar-refractivity contribution in [2.24, 2.45) is 0 Å². The number of anilines is 1. The molecule has 8 heteroatoms. The number of benzene rings is 2. The number of carboxylic acid groups (broad SMARTS) is 1. The summed E-state index contributed by atoms with van der Waals surface area (Å²) in [5.41, 5.74) is 1.26. The highest BCUT2D eigenvalue weighted by Crippen LogP contribution is 2.33. The summed E-state index contributed by atoms with van der Waals surface area (Å²) in [7, 11) is 2.78. The van der Waals surface area contributed by atoms with Crippen LogP contribution in [0.15, 0.2) is 36.4 Å². The number of hydrogen-bond donors (Lipinski definition) is 2. The van der Waals surface area contributed by atoms with Gasteiger partial charge in [-0.1, -0.05) is 36.4 Å². The van der Waals surface area contributed by atoms with Crippen LogP contribution in [0.2, 0.25) is 0 Å². The standard InChI is InChI=1S/C20H24N2O6/c1-13-8-9-14-6-4-5-7-15(14)18(13)22(17(23)12-27-3)16(19(24)25)10-11-28-20(26)21-2/h4-9,16H,10-12H2,1-3H3,(H,21,26)(H,24,25). The Morgan fingerprint density at radius 2 is 1.89 bits per heavy atom. The zero-order valence-electron chi connectivity index (χ0n) is 16.1. The zero-order chi connectivity index (χ0) is 20.7. The SMILES string of the molecule is CNC(=O)OCCC(C(=O)O)N(C(=O)COC)c1c(C)ccc2ccccc12. The van der Waals surface area contributed by atoms with Crippen LogP contribution < -0.4 is 10.2 Å². The summed E-state index contributed by atoms with van der Waals surface area (Å²) in [6.45, 7) is 1.38. The number of rotatable bonds is 8. The molecule has 0 fully saturated rings. The lowest BCUT2D eigenvalue weighted by Crippen LogP contribution is -2.48. The van der Waals surface area contributed by atoms with Gasteiger partial charge in [-0.2, -0.15) is 0 Å². The topological polar surface area (TPSA) is 105 Å². The predicted molar refractivity (Wildman–Crippen MR) is 104 cm³/mol. The Morgan fingerprint density at radius 1 is 1.18 bits per heavy atom. The van der Waals surface area contributed by atoms with Crippen LogP contribution in [0.25, 0.3) is 10.8 Å². The second kappa shape index (κ2) is 9.70. The lowest BCUT2D eigenvalue weighted by Gasteiger charge is -2.31. The van der Waals surface area contributed by atoms with Crippen LogP contribution >= 0.6 is 0 Å². The Bertz CT molecular complexity index is 867. The number of alkyl carbamates (subject to hydrolysis) is 1. The van der Waals surface area contributed by atoms with E-state index in [1.807, 2.05) is 43.3 Å². The highest BCUT2D eigenvalue weighted by atomic mass is 16.5. The molecule has 28 heavy (non-hydrogen) atoms. The van der Waals surface area contributed by atoms with E-state index in [2.05, 4.69) is 5.32 Å². The molecule has 0 spiro atoms. The molecule has 0 saturated carbocycles. The smallest absolute Gasteiger partial charge is 0.406 e. The quantitative estimate of drug-likeness (QED) is 0.719. The van der Waals surface area contributed by atoms with Crippen LogP contribution in [0, 0.1) is 6.92 Å². The molecule has 2 N–H and O–H groups in total. The van der Waals surface area contributed by atoms with Crippen molar-refractivity contribution in [2.75, 3.05) is 32.3 Å². The van der Waals surface area contributed by atoms with Crippen LogP contribution in [0.5, 0.6) is 0 Å². The minimum absolute atomic E-state index is 0.0686. The second-order valence-corrected chi connectivity index (χ2v) is 6.18. The average Bonchev–Trinajstić information content (AvgIpc) is 2.68. The monoisotopic (exact) mass is 388 g/mol. The molecule has 0 aliphatic carbocycles. The van der Waals surface area contributed by atoms with Crippen LogP contribution in [-0.4, -0.2) is 56.5 Å². The van der Waals surface area contributed by atoms with Crippen molar-refractivity contribution >= 4 is 34.4 Å². The number of nitrogens with zero attached hydrogens (tertiary/aromatic N) is 1. The molecule has 8 nitrogen and oxygen atoms in total. The summed E-state index contributed by atoms with van der Waals surface area (Å²) >= 11 is 0. The molecule has 0 aromatic heterocycles. The molecule has 150 valence electrons. The van der Waals surface area contributed by atoms with E-state index in [1.165, 1.54) is 19.1 Å². The van der Waals surface area contributed by atoms with Gasteiger partial charge in [-0.25, -0.2) is 9.59 Å². The number of carbonyl (C=O) groups is 3. The molecular weight excluding hydrogens is 364 g/mol.